The Balaban J connectivity index is 1.94. The van der Waals surface area contributed by atoms with Crippen LogP contribution in [0.1, 0.15) is 5.69 Å². The summed E-state index contributed by atoms with van der Waals surface area (Å²) in [5.41, 5.74) is 2.76. The van der Waals surface area contributed by atoms with Crippen LogP contribution in [-0.2, 0) is 9.59 Å². The first-order chi connectivity index (χ1) is 11.6. The molecule has 120 valence electrons. The van der Waals surface area contributed by atoms with E-state index < -0.39 is 0 Å². The number of aromatic nitrogens is 1. The van der Waals surface area contributed by atoms with E-state index in [1.54, 1.807) is 37.5 Å². The van der Waals surface area contributed by atoms with Crippen molar-refractivity contribution in [2.45, 2.75) is 6.04 Å². The number of nitrogens with one attached hydrogen (secondary N) is 1. The number of hydrogen-bond acceptors (Lipinski definition) is 4. The van der Waals surface area contributed by atoms with Crippen LogP contribution in [0.4, 0.5) is 0 Å². The van der Waals surface area contributed by atoms with Crippen molar-refractivity contribution in [3.63, 3.8) is 0 Å². The Bertz CT molecular complexity index is 864. The van der Waals surface area contributed by atoms with Gasteiger partial charge in [-0.2, -0.15) is 0 Å². The average Bonchev–Trinajstić information content (AvgIpc) is 3.02. The number of pyridine rings is 1. The van der Waals surface area contributed by atoms with Gasteiger partial charge in [-0.15, -0.1) is 0 Å². The van der Waals surface area contributed by atoms with Gasteiger partial charge in [0.05, 0.1) is 34.3 Å². The Morgan fingerprint density at radius 1 is 1.04 bits per heavy atom. The smallest absolute Gasteiger partial charge is 0.260 e. The summed E-state index contributed by atoms with van der Waals surface area (Å²) in [4.78, 5) is 33.1. The Morgan fingerprint density at radius 3 is 2.50 bits per heavy atom. The van der Waals surface area contributed by atoms with Gasteiger partial charge in [-0.1, -0.05) is 18.2 Å². The number of hydrogen-bond donors (Lipinski definition) is 1. The van der Waals surface area contributed by atoms with Crippen LogP contribution >= 0.6 is 0 Å². The van der Waals surface area contributed by atoms with Crippen LogP contribution in [0.25, 0.3) is 5.70 Å². The maximum Gasteiger partial charge on any atom is 0.260 e. The Labute approximate surface area is 139 Å². The summed E-state index contributed by atoms with van der Waals surface area (Å²) in [6, 6.07) is 5.24. The number of dihydropyridines is 1. The highest BCUT2D eigenvalue weighted by Crippen LogP contribution is 2.42. The molecule has 0 bridgehead atoms. The predicted octanol–water partition coefficient (Wildman–Crippen LogP) is 1.03. The molecule has 6 nitrogen and oxygen atoms in total. The molecule has 4 heterocycles. The number of nitrogens with zero attached hydrogens (tertiary/aromatic N) is 3. The molecule has 0 spiro atoms. The second kappa shape index (κ2) is 5.19. The minimum absolute atomic E-state index is 0.178. The summed E-state index contributed by atoms with van der Waals surface area (Å²) in [7, 11) is 3.38. The van der Waals surface area contributed by atoms with Gasteiger partial charge in [0.25, 0.3) is 11.8 Å². The summed E-state index contributed by atoms with van der Waals surface area (Å²) >= 11 is 0. The van der Waals surface area contributed by atoms with Crippen LogP contribution < -0.4 is 5.32 Å². The second-order valence-corrected chi connectivity index (χ2v) is 5.82. The molecule has 0 saturated carbocycles. The quantitative estimate of drug-likeness (QED) is 0.884. The van der Waals surface area contributed by atoms with Crippen LogP contribution in [0.3, 0.4) is 0 Å². The van der Waals surface area contributed by atoms with Gasteiger partial charge in [0.2, 0.25) is 0 Å². The zero-order valence-electron chi connectivity index (χ0n) is 13.4. The number of amides is 2. The molecule has 0 saturated heterocycles. The molecule has 1 aromatic heterocycles. The molecule has 0 aromatic carbocycles. The first kappa shape index (κ1) is 14.4. The maximum absolute atomic E-state index is 12.9. The molecule has 6 heteroatoms. The summed E-state index contributed by atoms with van der Waals surface area (Å²) in [5.74, 6) is -0.355. The van der Waals surface area contributed by atoms with Gasteiger partial charge in [-0.05, 0) is 24.4 Å². The predicted molar refractivity (Wildman–Crippen MR) is 88.9 cm³/mol. The van der Waals surface area contributed by atoms with Gasteiger partial charge in [0, 0.05) is 20.3 Å². The third-order valence-corrected chi connectivity index (χ3v) is 4.47. The number of rotatable bonds is 2. The third kappa shape index (κ3) is 1.86. The lowest BCUT2D eigenvalue weighted by molar-refractivity contribution is -0.123. The summed E-state index contributed by atoms with van der Waals surface area (Å²) in [6.07, 6.45) is 9.17. The van der Waals surface area contributed by atoms with Crippen molar-refractivity contribution in [2.24, 2.45) is 0 Å². The molecular weight excluding hydrogens is 304 g/mol. The molecule has 3 aliphatic rings. The summed E-state index contributed by atoms with van der Waals surface area (Å²) in [6.45, 7) is 0. The largest absolute Gasteiger partial charge is 0.379 e. The zero-order valence-corrected chi connectivity index (χ0v) is 13.4. The highest BCUT2D eigenvalue weighted by molar-refractivity contribution is 6.25. The minimum Gasteiger partial charge on any atom is -0.379 e. The zero-order chi connectivity index (χ0) is 16.8. The van der Waals surface area contributed by atoms with E-state index in [1.165, 1.54) is 4.90 Å². The molecule has 0 fully saturated rings. The summed E-state index contributed by atoms with van der Waals surface area (Å²) < 4.78 is 0. The van der Waals surface area contributed by atoms with Crippen LogP contribution in [0.15, 0.2) is 65.7 Å². The van der Waals surface area contributed by atoms with Gasteiger partial charge in [0.15, 0.2) is 0 Å². The first-order valence-electron chi connectivity index (χ1n) is 7.67. The van der Waals surface area contributed by atoms with Crippen molar-refractivity contribution in [2.75, 3.05) is 14.1 Å². The molecule has 24 heavy (non-hydrogen) atoms. The van der Waals surface area contributed by atoms with E-state index in [1.807, 2.05) is 30.4 Å². The van der Waals surface area contributed by atoms with E-state index in [4.69, 9.17) is 0 Å². The fourth-order valence-corrected chi connectivity index (χ4v) is 3.34. The van der Waals surface area contributed by atoms with Gasteiger partial charge >= 0.3 is 0 Å². The van der Waals surface area contributed by atoms with Crippen LogP contribution in [0, 0.1) is 0 Å². The molecular formula is C18H16N4O2. The van der Waals surface area contributed by atoms with Crippen LogP contribution in [-0.4, -0.2) is 46.7 Å². The third-order valence-electron chi connectivity index (χ3n) is 4.47. The molecule has 1 unspecified atom stereocenters. The number of carbonyl (C=O) groups excluding carboxylic acids is 2. The van der Waals surface area contributed by atoms with Crippen molar-refractivity contribution in [3.05, 3.63) is 71.4 Å². The molecule has 4 rings (SSSR count). The minimum atomic E-state index is -0.211. The molecule has 1 N–H and O–H groups in total. The van der Waals surface area contributed by atoms with Crippen molar-refractivity contribution < 1.29 is 9.59 Å². The van der Waals surface area contributed by atoms with E-state index in [-0.39, 0.29) is 17.9 Å². The standard InChI is InChI=1S/C18H16N4O2/c1-21-15(11-7-3-5-9-19-11)13-14(17(21)23)16(22(2)18(13)24)12-8-4-6-10-20-12/h3-11,19H,1-2H3. The van der Waals surface area contributed by atoms with Crippen molar-refractivity contribution in [1.82, 2.24) is 20.1 Å². The first-order valence-corrected chi connectivity index (χ1v) is 7.67. The highest BCUT2D eigenvalue weighted by Gasteiger charge is 2.47. The molecule has 2 amide bonds. The maximum atomic E-state index is 12.9. The van der Waals surface area contributed by atoms with Gasteiger partial charge in [-0.3, -0.25) is 14.6 Å². The second-order valence-electron chi connectivity index (χ2n) is 5.82. The molecule has 0 radical (unpaired) electrons. The van der Waals surface area contributed by atoms with Crippen molar-refractivity contribution >= 4 is 17.5 Å². The van der Waals surface area contributed by atoms with Crippen LogP contribution in [0.2, 0.25) is 0 Å². The monoisotopic (exact) mass is 320 g/mol. The van der Waals surface area contributed by atoms with Gasteiger partial charge in [0.1, 0.15) is 0 Å². The number of fused-ring (bicyclic) bond motifs is 1. The lowest BCUT2D eigenvalue weighted by Gasteiger charge is -2.25. The fraction of sp³-hybridized carbons (Fsp3) is 0.167. The Morgan fingerprint density at radius 2 is 1.83 bits per heavy atom. The van der Waals surface area contributed by atoms with Gasteiger partial charge in [-0.25, -0.2) is 0 Å². The Hall–Kier alpha value is -3.15. The number of carbonyl (C=O) groups is 2. The van der Waals surface area contributed by atoms with E-state index in [0.717, 1.165) is 0 Å². The number of likely N-dealkylation sites (N-methyl/N-ethyl adjacent to an activating group) is 2. The molecule has 1 aromatic rings. The highest BCUT2D eigenvalue weighted by atomic mass is 16.2. The van der Waals surface area contributed by atoms with Crippen LogP contribution in [0.5, 0.6) is 0 Å². The topological polar surface area (TPSA) is 65.5 Å². The summed E-state index contributed by atoms with van der Waals surface area (Å²) in [5, 5.41) is 3.19. The Kier molecular flexibility index (Phi) is 3.13. The van der Waals surface area contributed by atoms with Crippen molar-refractivity contribution in [3.8, 4) is 0 Å². The molecule has 0 aliphatic carbocycles. The normalized spacial score (nSPS) is 22.7. The van der Waals surface area contributed by atoms with E-state index in [2.05, 4.69) is 10.3 Å². The fourth-order valence-electron chi connectivity index (χ4n) is 3.34. The molecule has 3 aliphatic heterocycles. The average molecular weight is 320 g/mol. The number of allylic oxidation sites excluding steroid dienone is 2. The lowest BCUT2D eigenvalue weighted by atomic mass is 10.0. The van der Waals surface area contributed by atoms with E-state index in [0.29, 0.717) is 28.2 Å². The lowest BCUT2D eigenvalue weighted by Crippen LogP contribution is -2.36. The van der Waals surface area contributed by atoms with E-state index in [9.17, 15) is 9.59 Å². The van der Waals surface area contributed by atoms with E-state index >= 15 is 0 Å². The van der Waals surface area contributed by atoms with Crippen molar-refractivity contribution in [1.29, 1.82) is 0 Å². The van der Waals surface area contributed by atoms with Gasteiger partial charge < -0.3 is 15.1 Å². The SMILES string of the molecule is CN1C(=O)C2=C(C3C=CC=CN3)N(C)C(=O)C2=C1c1ccccn1. The molecule has 1 atom stereocenters.